The second-order valence-electron chi connectivity index (χ2n) is 5.14. The van der Waals surface area contributed by atoms with E-state index in [2.05, 4.69) is 5.32 Å². The molecule has 0 fully saturated rings. The van der Waals surface area contributed by atoms with Crippen molar-refractivity contribution in [3.63, 3.8) is 0 Å². The summed E-state index contributed by atoms with van der Waals surface area (Å²) in [5.74, 6) is -0.558. The number of hydrogen-bond acceptors (Lipinski definition) is 2. The smallest absolute Gasteiger partial charge is 0.237 e. The van der Waals surface area contributed by atoms with Gasteiger partial charge in [-0.15, -0.1) is 11.8 Å². The number of carbonyl (C=O) groups is 1. The maximum Gasteiger partial charge on any atom is 0.237 e. The van der Waals surface area contributed by atoms with Crippen LogP contribution in [0.4, 0.5) is 10.1 Å². The molecule has 2 rings (SSSR count). The minimum absolute atomic E-state index is 0.0622. The zero-order chi connectivity index (χ0) is 16.3. The van der Waals surface area contributed by atoms with Gasteiger partial charge in [-0.1, -0.05) is 23.7 Å². The number of halogens is 2. The van der Waals surface area contributed by atoms with Crippen molar-refractivity contribution in [3.05, 3.63) is 58.4 Å². The van der Waals surface area contributed by atoms with Gasteiger partial charge in [0.2, 0.25) is 5.91 Å². The molecule has 0 aromatic heterocycles. The molecule has 1 unspecified atom stereocenters. The highest BCUT2D eigenvalue weighted by molar-refractivity contribution is 8.00. The molecule has 0 aliphatic heterocycles. The molecule has 0 bridgehead atoms. The molecule has 116 valence electrons. The van der Waals surface area contributed by atoms with Crippen molar-refractivity contribution in [1.29, 1.82) is 0 Å². The monoisotopic (exact) mass is 337 g/mol. The van der Waals surface area contributed by atoms with Crippen LogP contribution in [0, 0.1) is 19.7 Å². The van der Waals surface area contributed by atoms with Crippen LogP contribution in [0.3, 0.4) is 0 Å². The zero-order valence-electron chi connectivity index (χ0n) is 12.6. The summed E-state index contributed by atoms with van der Waals surface area (Å²) in [6, 6.07) is 10.4. The van der Waals surface area contributed by atoms with Gasteiger partial charge in [-0.05, 0) is 56.2 Å². The van der Waals surface area contributed by atoms with Crippen LogP contribution in [-0.4, -0.2) is 11.2 Å². The van der Waals surface area contributed by atoms with Crippen molar-refractivity contribution < 1.29 is 9.18 Å². The third-order valence-electron chi connectivity index (χ3n) is 3.22. The molecule has 2 nitrogen and oxygen atoms in total. The van der Waals surface area contributed by atoms with Crippen LogP contribution in [-0.2, 0) is 4.79 Å². The second kappa shape index (κ2) is 7.16. The first-order chi connectivity index (χ1) is 10.4. The molecule has 0 radical (unpaired) electrons. The standard InChI is InChI=1S/C17H17ClFNOS/c1-10-4-5-11(2)16(8-10)20-17(21)12(3)22-13-6-7-15(19)14(18)9-13/h4-9,12H,1-3H3,(H,20,21). The van der Waals surface area contributed by atoms with E-state index in [1.807, 2.05) is 39.0 Å². The Kier molecular flexibility index (Phi) is 5.48. The molecule has 0 saturated heterocycles. The summed E-state index contributed by atoms with van der Waals surface area (Å²) in [5, 5.41) is 2.67. The van der Waals surface area contributed by atoms with Crippen molar-refractivity contribution in [3.8, 4) is 0 Å². The number of carbonyl (C=O) groups excluding carboxylic acids is 1. The lowest BCUT2D eigenvalue weighted by Gasteiger charge is -2.14. The topological polar surface area (TPSA) is 29.1 Å². The average molecular weight is 338 g/mol. The molecule has 0 saturated carbocycles. The lowest BCUT2D eigenvalue weighted by atomic mass is 10.1. The number of anilines is 1. The van der Waals surface area contributed by atoms with Crippen molar-refractivity contribution in [2.75, 3.05) is 5.32 Å². The molecule has 1 amide bonds. The van der Waals surface area contributed by atoms with E-state index in [-0.39, 0.29) is 16.2 Å². The predicted molar refractivity (Wildman–Crippen MR) is 91.3 cm³/mol. The number of thioether (sulfide) groups is 1. The van der Waals surface area contributed by atoms with E-state index < -0.39 is 5.82 Å². The van der Waals surface area contributed by atoms with Gasteiger partial charge in [0.05, 0.1) is 10.3 Å². The molecule has 22 heavy (non-hydrogen) atoms. The lowest BCUT2D eigenvalue weighted by molar-refractivity contribution is -0.115. The Morgan fingerprint density at radius 3 is 2.64 bits per heavy atom. The number of nitrogens with one attached hydrogen (secondary N) is 1. The molecule has 0 spiro atoms. The molecule has 2 aromatic carbocycles. The fraction of sp³-hybridized carbons (Fsp3) is 0.235. The van der Waals surface area contributed by atoms with Crippen molar-refractivity contribution in [2.45, 2.75) is 30.9 Å². The van der Waals surface area contributed by atoms with Crippen LogP contribution in [0.1, 0.15) is 18.1 Å². The molecule has 2 aromatic rings. The van der Waals surface area contributed by atoms with E-state index in [0.29, 0.717) is 0 Å². The number of hydrogen-bond donors (Lipinski definition) is 1. The summed E-state index contributed by atoms with van der Waals surface area (Å²) in [4.78, 5) is 13.1. The normalized spacial score (nSPS) is 12.0. The van der Waals surface area contributed by atoms with Crippen LogP contribution >= 0.6 is 23.4 Å². The summed E-state index contributed by atoms with van der Waals surface area (Å²) in [6.07, 6.45) is 0. The molecule has 5 heteroatoms. The Morgan fingerprint density at radius 1 is 1.23 bits per heavy atom. The van der Waals surface area contributed by atoms with Gasteiger partial charge < -0.3 is 5.32 Å². The number of rotatable bonds is 4. The summed E-state index contributed by atoms with van der Waals surface area (Å²) in [6.45, 7) is 5.74. The largest absolute Gasteiger partial charge is 0.325 e. The Hall–Kier alpha value is -1.52. The van der Waals surface area contributed by atoms with Crippen LogP contribution < -0.4 is 5.32 Å². The minimum Gasteiger partial charge on any atom is -0.325 e. The molecular weight excluding hydrogens is 321 g/mol. The summed E-state index contributed by atoms with van der Waals surface area (Å²) in [5.41, 5.74) is 2.92. The lowest BCUT2D eigenvalue weighted by Crippen LogP contribution is -2.22. The molecule has 1 N–H and O–H groups in total. The van der Waals surface area contributed by atoms with E-state index in [1.54, 1.807) is 6.07 Å². The Labute approximate surface area is 139 Å². The quantitative estimate of drug-likeness (QED) is 0.775. The minimum atomic E-state index is -0.460. The van der Waals surface area contributed by atoms with Gasteiger partial charge >= 0.3 is 0 Å². The fourth-order valence-corrected chi connectivity index (χ4v) is 3.06. The highest BCUT2D eigenvalue weighted by Crippen LogP contribution is 2.28. The average Bonchev–Trinajstić information content (AvgIpc) is 2.46. The highest BCUT2D eigenvalue weighted by Gasteiger charge is 2.16. The van der Waals surface area contributed by atoms with Crippen LogP contribution in [0.15, 0.2) is 41.3 Å². The third-order valence-corrected chi connectivity index (χ3v) is 4.61. The van der Waals surface area contributed by atoms with Crippen molar-refractivity contribution in [2.24, 2.45) is 0 Å². The van der Waals surface area contributed by atoms with Crippen LogP contribution in [0.25, 0.3) is 0 Å². The van der Waals surface area contributed by atoms with E-state index in [9.17, 15) is 9.18 Å². The SMILES string of the molecule is Cc1ccc(C)c(NC(=O)C(C)Sc2ccc(F)c(Cl)c2)c1. The maximum absolute atomic E-state index is 13.1. The Bertz CT molecular complexity index is 705. The number of aryl methyl sites for hydroxylation is 2. The van der Waals surface area contributed by atoms with Crippen LogP contribution in [0.5, 0.6) is 0 Å². The highest BCUT2D eigenvalue weighted by atomic mass is 35.5. The fourth-order valence-electron chi connectivity index (χ4n) is 1.91. The molecule has 0 heterocycles. The predicted octanol–water partition coefficient (Wildman–Crippen LogP) is 5.22. The van der Waals surface area contributed by atoms with Gasteiger partial charge in [0.15, 0.2) is 0 Å². The summed E-state index contributed by atoms with van der Waals surface area (Å²) >= 11 is 7.10. The molecule has 0 aliphatic carbocycles. The van der Waals surface area contributed by atoms with Gasteiger partial charge in [0.25, 0.3) is 0 Å². The van der Waals surface area contributed by atoms with Crippen molar-refractivity contribution >= 4 is 35.0 Å². The first-order valence-electron chi connectivity index (χ1n) is 6.86. The first kappa shape index (κ1) is 16.8. The summed E-state index contributed by atoms with van der Waals surface area (Å²) < 4.78 is 13.1. The van der Waals surface area contributed by atoms with Crippen LogP contribution in [0.2, 0.25) is 5.02 Å². The number of benzene rings is 2. The Morgan fingerprint density at radius 2 is 1.95 bits per heavy atom. The van der Waals surface area contributed by atoms with Gasteiger partial charge in [-0.2, -0.15) is 0 Å². The van der Waals surface area contributed by atoms with Gasteiger partial charge in [0.1, 0.15) is 5.82 Å². The molecular formula is C17H17ClFNOS. The first-order valence-corrected chi connectivity index (χ1v) is 8.12. The van der Waals surface area contributed by atoms with E-state index in [1.165, 1.54) is 23.9 Å². The number of amides is 1. The van der Waals surface area contributed by atoms with E-state index in [4.69, 9.17) is 11.6 Å². The zero-order valence-corrected chi connectivity index (χ0v) is 14.2. The van der Waals surface area contributed by atoms with Crippen molar-refractivity contribution in [1.82, 2.24) is 0 Å². The molecule has 0 aliphatic rings. The van der Waals surface area contributed by atoms with Gasteiger partial charge in [-0.3, -0.25) is 4.79 Å². The van der Waals surface area contributed by atoms with Gasteiger partial charge in [-0.25, -0.2) is 4.39 Å². The Balaban J connectivity index is 2.05. The van der Waals surface area contributed by atoms with Gasteiger partial charge in [0, 0.05) is 10.6 Å². The maximum atomic E-state index is 13.1. The van der Waals surface area contributed by atoms with E-state index >= 15 is 0 Å². The second-order valence-corrected chi connectivity index (χ2v) is 6.97. The third kappa shape index (κ3) is 4.24. The molecule has 1 atom stereocenters. The summed E-state index contributed by atoms with van der Waals surface area (Å²) in [7, 11) is 0. The van der Waals surface area contributed by atoms with E-state index in [0.717, 1.165) is 21.7 Å².